The minimum atomic E-state index is -0.0405. The number of benzene rings is 1. The van der Waals surface area contributed by atoms with Crippen LogP contribution in [0.25, 0.3) is 22.3 Å². The van der Waals surface area contributed by atoms with Crippen LogP contribution in [0.5, 0.6) is 0 Å². The van der Waals surface area contributed by atoms with Crippen molar-refractivity contribution in [2.45, 2.75) is 13.8 Å². The predicted molar refractivity (Wildman–Crippen MR) is 124 cm³/mol. The van der Waals surface area contributed by atoms with Crippen LogP contribution < -0.4 is 0 Å². The highest BCUT2D eigenvalue weighted by molar-refractivity contribution is 7.13. The Hall–Kier alpha value is -3.19. The third kappa shape index (κ3) is 4.77. The molecule has 0 unspecified atom stereocenters. The molecular formula is C24H26N4O2S. The zero-order valence-corrected chi connectivity index (χ0v) is 18.6. The van der Waals surface area contributed by atoms with Crippen molar-refractivity contribution in [3.63, 3.8) is 0 Å². The van der Waals surface area contributed by atoms with Gasteiger partial charge in [-0.15, -0.1) is 11.3 Å². The zero-order chi connectivity index (χ0) is 21.8. The number of carbonyl (C=O) groups is 2. The van der Waals surface area contributed by atoms with Crippen LogP contribution in [0.2, 0.25) is 0 Å². The summed E-state index contributed by atoms with van der Waals surface area (Å²) in [6.45, 7) is 6.10. The summed E-state index contributed by atoms with van der Waals surface area (Å²) in [4.78, 5) is 29.6. The molecule has 0 aliphatic carbocycles. The highest BCUT2D eigenvalue weighted by Crippen LogP contribution is 2.28. The molecule has 0 N–H and O–H groups in total. The van der Waals surface area contributed by atoms with Gasteiger partial charge in [-0.05, 0) is 29.7 Å². The van der Waals surface area contributed by atoms with Crippen molar-refractivity contribution in [3.8, 4) is 16.3 Å². The Kier molecular flexibility index (Phi) is 6.32. The lowest BCUT2D eigenvalue weighted by atomic mass is 10.1. The number of rotatable bonds is 5. The molecule has 3 heterocycles. The van der Waals surface area contributed by atoms with Gasteiger partial charge in [-0.1, -0.05) is 38.1 Å². The Balaban J connectivity index is 1.50. The first-order valence-electron chi connectivity index (χ1n) is 10.5. The van der Waals surface area contributed by atoms with Crippen molar-refractivity contribution < 1.29 is 9.59 Å². The number of thiophene rings is 1. The fourth-order valence-corrected chi connectivity index (χ4v) is 4.34. The number of amides is 2. The molecule has 1 saturated heterocycles. The Labute approximate surface area is 186 Å². The molecule has 1 fully saturated rings. The van der Waals surface area contributed by atoms with Crippen LogP contribution in [0.1, 0.15) is 19.4 Å². The second kappa shape index (κ2) is 9.31. The SMILES string of the molecule is CC(C)C(=O)N1CCN(C(=O)C=Cc2cn(-c3ccccc3)nc2-c2cccs2)CC1. The smallest absolute Gasteiger partial charge is 0.246 e. The van der Waals surface area contributed by atoms with Gasteiger partial charge in [0.1, 0.15) is 5.69 Å². The van der Waals surface area contributed by atoms with Crippen LogP contribution in [0.3, 0.4) is 0 Å². The van der Waals surface area contributed by atoms with Gasteiger partial charge >= 0.3 is 0 Å². The van der Waals surface area contributed by atoms with E-state index >= 15 is 0 Å². The van der Waals surface area contributed by atoms with Gasteiger partial charge in [0.25, 0.3) is 0 Å². The number of nitrogens with zero attached hydrogens (tertiary/aromatic N) is 4. The lowest BCUT2D eigenvalue weighted by molar-refractivity contribution is -0.139. The number of hydrogen-bond acceptors (Lipinski definition) is 4. The van der Waals surface area contributed by atoms with Gasteiger partial charge in [0, 0.05) is 49.9 Å². The van der Waals surface area contributed by atoms with Gasteiger partial charge in [-0.25, -0.2) is 4.68 Å². The van der Waals surface area contributed by atoms with Gasteiger partial charge in [0.2, 0.25) is 11.8 Å². The van der Waals surface area contributed by atoms with E-state index in [1.807, 2.05) is 83.5 Å². The summed E-state index contributed by atoms with van der Waals surface area (Å²) in [7, 11) is 0. The van der Waals surface area contributed by atoms with Crippen LogP contribution in [-0.2, 0) is 9.59 Å². The first-order chi connectivity index (χ1) is 15.0. The van der Waals surface area contributed by atoms with Crippen LogP contribution >= 0.6 is 11.3 Å². The minimum Gasteiger partial charge on any atom is -0.339 e. The van der Waals surface area contributed by atoms with E-state index in [-0.39, 0.29) is 17.7 Å². The Morgan fingerprint density at radius 3 is 2.35 bits per heavy atom. The number of para-hydroxylation sites is 1. The average molecular weight is 435 g/mol. The van der Waals surface area contributed by atoms with Crippen LogP contribution in [0, 0.1) is 5.92 Å². The third-order valence-electron chi connectivity index (χ3n) is 5.32. The maximum absolute atomic E-state index is 12.8. The molecule has 7 heteroatoms. The molecule has 0 radical (unpaired) electrons. The zero-order valence-electron chi connectivity index (χ0n) is 17.8. The molecule has 0 atom stereocenters. The summed E-state index contributed by atoms with van der Waals surface area (Å²) in [6, 6.07) is 14.0. The number of hydrogen-bond donors (Lipinski definition) is 0. The highest BCUT2D eigenvalue weighted by Gasteiger charge is 2.24. The molecule has 0 bridgehead atoms. The lowest BCUT2D eigenvalue weighted by Gasteiger charge is -2.35. The minimum absolute atomic E-state index is 0.0148. The normalized spacial score (nSPS) is 14.5. The molecule has 2 aromatic heterocycles. The molecule has 160 valence electrons. The lowest BCUT2D eigenvalue weighted by Crippen LogP contribution is -2.51. The standard InChI is InChI=1S/C24H26N4O2S/c1-18(2)24(30)27-14-12-26(13-15-27)22(29)11-10-19-17-28(20-7-4-3-5-8-20)25-23(19)21-9-6-16-31-21/h3-11,16-18H,12-15H2,1-2H3. The van der Waals surface area contributed by atoms with Crippen LogP contribution in [0.4, 0.5) is 0 Å². The highest BCUT2D eigenvalue weighted by atomic mass is 32.1. The molecule has 0 saturated carbocycles. The summed E-state index contributed by atoms with van der Waals surface area (Å²) in [5, 5.41) is 6.79. The summed E-state index contributed by atoms with van der Waals surface area (Å²) in [5.41, 5.74) is 2.72. The molecule has 1 aromatic carbocycles. The molecule has 1 aliphatic rings. The van der Waals surface area contributed by atoms with Crippen LogP contribution in [-0.4, -0.2) is 57.6 Å². The summed E-state index contributed by atoms with van der Waals surface area (Å²) < 4.78 is 1.84. The summed E-state index contributed by atoms with van der Waals surface area (Å²) >= 11 is 1.62. The fourth-order valence-electron chi connectivity index (χ4n) is 3.61. The van der Waals surface area contributed by atoms with Gasteiger partial charge in [0.15, 0.2) is 0 Å². The molecule has 3 aromatic rings. The van der Waals surface area contributed by atoms with E-state index in [9.17, 15) is 9.59 Å². The maximum atomic E-state index is 12.8. The van der Waals surface area contributed by atoms with Gasteiger partial charge in [-0.3, -0.25) is 9.59 Å². The van der Waals surface area contributed by atoms with E-state index in [1.54, 1.807) is 22.3 Å². The topological polar surface area (TPSA) is 58.4 Å². The van der Waals surface area contributed by atoms with Gasteiger partial charge in [0.05, 0.1) is 10.6 Å². The van der Waals surface area contributed by atoms with Crippen molar-refractivity contribution in [2.24, 2.45) is 5.92 Å². The second-order valence-electron chi connectivity index (χ2n) is 7.83. The van der Waals surface area contributed by atoms with Gasteiger partial charge in [-0.2, -0.15) is 5.10 Å². The van der Waals surface area contributed by atoms with Crippen LogP contribution in [0.15, 0.2) is 60.1 Å². The third-order valence-corrected chi connectivity index (χ3v) is 6.20. The Morgan fingerprint density at radius 2 is 1.71 bits per heavy atom. The predicted octanol–water partition coefficient (Wildman–Crippen LogP) is 3.94. The van der Waals surface area contributed by atoms with E-state index in [2.05, 4.69) is 0 Å². The Bertz CT molecular complexity index is 1060. The largest absolute Gasteiger partial charge is 0.339 e. The van der Waals surface area contributed by atoms with Gasteiger partial charge < -0.3 is 9.80 Å². The molecule has 4 rings (SSSR count). The van der Waals surface area contributed by atoms with E-state index in [1.165, 1.54) is 0 Å². The number of piperazine rings is 1. The molecule has 1 aliphatic heterocycles. The van der Waals surface area contributed by atoms with E-state index in [0.717, 1.165) is 21.8 Å². The number of carbonyl (C=O) groups excluding carboxylic acids is 2. The first-order valence-corrected chi connectivity index (χ1v) is 11.4. The summed E-state index contributed by atoms with van der Waals surface area (Å²) in [6.07, 6.45) is 5.41. The van der Waals surface area contributed by atoms with Crippen molar-refractivity contribution in [1.82, 2.24) is 19.6 Å². The van der Waals surface area contributed by atoms with Crippen molar-refractivity contribution in [2.75, 3.05) is 26.2 Å². The van der Waals surface area contributed by atoms with Crippen molar-refractivity contribution in [1.29, 1.82) is 0 Å². The second-order valence-corrected chi connectivity index (χ2v) is 8.78. The molecular weight excluding hydrogens is 408 g/mol. The molecule has 2 amide bonds. The fraction of sp³-hybridized carbons (Fsp3) is 0.292. The van der Waals surface area contributed by atoms with E-state index < -0.39 is 0 Å². The van der Waals surface area contributed by atoms with E-state index in [0.29, 0.717) is 26.2 Å². The molecule has 0 spiro atoms. The molecule has 6 nitrogen and oxygen atoms in total. The quantitative estimate of drug-likeness (QED) is 0.572. The van der Waals surface area contributed by atoms with E-state index in [4.69, 9.17) is 5.10 Å². The first kappa shape index (κ1) is 21.1. The average Bonchev–Trinajstić information content (AvgIpc) is 3.47. The van der Waals surface area contributed by atoms with Crippen molar-refractivity contribution in [3.05, 3.63) is 65.7 Å². The Morgan fingerprint density at radius 1 is 1.00 bits per heavy atom. The maximum Gasteiger partial charge on any atom is 0.246 e. The molecule has 31 heavy (non-hydrogen) atoms. The monoisotopic (exact) mass is 434 g/mol. The summed E-state index contributed by atoms with van der Waals surface area (Å²) in [5.74, 6) is 0.0942. The van der Waals surface area contributed by atoms with Crippen molar-refractivity contribution >= 4 is 29.2 Å². The number of aromatic nitrogens is 2.